The van der Waals surface area contributed by atoms with Crippen LogP contribution in [0.15, 0.2) is 63.5 Å². The number of thioether (sulfide) groups is 1. The quantitative estimate of drug-likeness (QED) is 0.634. The predicted octanol–water partition coefficient (Wildman–Crippen LogP) is 2.73. The van der Waals surface area contributed by atoms with Gasteiger partial charge in [-0.2, -0.15) is 5.10 Å². The van der Waals surface area contributed by atoms with E-state index in [-0.39, 0.29) is 16.3 Å². The van der Waals surface area contributed by atoms with Crippen LogP contribution in [-0.2, 0) is 9.84 Å². The van der Waals surface area contributed by atoms with Crippen molar-refractivity contribution in [2.24, 2.45) is 10.1 Å². The summed E-state index contributed by atoms with van der Waals surface area (Å²) < 4.78 is 23.0. The monoisotopic (exact) mass is 390 g/mol. The molecule has 0 saturated heterocycles. The van der Waals surface area contributed by atoms with Crippen molar-refractivity contribution < 1.29 is 13.3 Å². The zero-order valence-corrected chi connectivity index (χ0v) is 15.3. The third-order valence-electron chi connectivity index (χ3n) is 3.55. The fraction of sp³-hybridized carbons (Fsp3) is 0.125. The maximum absolute atomic E-state index is 11.5. The van der Waals surface area contributed by atoms with E-state index in [0.717, 1.165) is 17.5 Å². The molecule has 10 heteroatoms. The van der Waals surface area contributed by atoms with Gasteiger partial charge in [-0.3, -0.25) is 15.5 Å². The Morgan fingerprint density at radius 3 is 2.46 bits per heavy atom. The van der Waals surface area contributed by atoms with E-state index in [1.807, 2.05) is 0 Å². The average Bonchev–Trinajstić information content (AvgIpc) is 2.62. The van der Waals surface area contributed by atoms with Crippen LogP contribution in [-0.4, -0.2) is 36.2 Å². The molecule has 1 aliphatic rings. The molecule has 0 aromatic heterocycles. The molecule has 2 aromatic rings. The van der Waals surface area contributed by atoms with E-state index in [4.69, 9.17) is 0 Å². The standard InChI is InChI=1S/C16H14N4O4S2/c1-26(23,24)12-8-6-11(7-9-12)14-10-25-16(19-18-14)17-13-4-2-3-5-15(13)20(21)22/h2-9H,10H2,1H3,(H,17,19). The molecule has 1 aliphatic heterocycles. The smallest absolute Gasteiger partial charge is 0.258 e. The first kappa shape index (κ1) is 18.1. The summed E-state index contributed by atoms with van der Waals surface area (Å²) >= 11 is 1.36. The van der Waals surface area contributed by atoms with Gasteiger partial charge in [-0.15, -0.1) is 0 Å². The van der Waals surface area contributed by atoms with Crippen LogP contribution >= 0.6 is 11.8 Å². The van der Waals surface area contributed by atoms with Crippen LogP contribution in [0.2, 0.25) is 0 Å². The molecule has 0 atom stereocenters. The Balaban J connectivity index is 1.80. The number of nitro benzene ring substituents is 1. The Morgan fingerprint density at radius 1 is 1.19 bits per heavy atom. The van der Waals surface area contributed by atoms with Crippen molar-refractivity contribution in [2.75, 3.05) is 12.0 Å². The lowest BCUT2D eigenvalue weighted by molar-refractivity contribution is -0.384. The lowest BCUT2D eigenvalue weighted by atomic mass is 10.1. The van der Waals surface area contributed by atoms with Crippen LogP contribution < -0.4 is 5.43 Å². The summed E-state index contributed by atoms with van der Waals surface area (Å²) in [5.74, 6) is 0.505. The number of benzene rings is 2. The van der Waals surface area contributed by atoms with Gasteiger partial charge in [0, 0.05) is 18.1 Å². The van der Waals surface area contributed by atoms with E-state index in [1.165, 1.54) is 30.0 Å². The Bertz CT molecular complexity index is 1010. The lowest BCUT2D eigenvalue weighted by Crippen LogP contribution is -2.25. The minimum Gasteiger partial charge on any atom is -0.258 e. The van der Waals surface area contributed by atoms with Gasteiger partial charge >= 0.3 is 0 Å². The van der Waals surface area contributed by atoms with Crippen molar-refractivity contribution >= 4 is 43.9 Å². The SMILES string of the molecule is CS(=O)(=O)c1ccc(C2=NNC(=Nc3ccccc3[N+](=O)[O-])SC2)cc1. The molecule has 0 spiro atoms. The van der Waals surface area contributed by atoms with E-state index in [2.05, 4.69) is 15.5 Å². The molecule has 0 aliphatic carbocycles. The molecule has 0 amide bonds. The third kappa shape index (κ3) is 4.09. The van der Waals surface area contributed by atoms with Crippen molar-refractivity contribution in [3.8, 4) is 0 Å². The second-order valence-electron chi connectivity index (χ2n) is 5.42. The van der Waals surface area contributed by atoms with Crippen LogP contribution in [0.25, 0.3) is 0 Å². The summed E-state index contributed by atoms with van der Waals surface area (Å²) in [6, 6.07) is 12.7. The molecule has 0 fully saturated rings. The number of nitrogens with zero attached hydrogens (tertiary/aromatic N) is 3. The number of nitro groups is 1. The molecule has 8 nitrogen and oxygen atoms in total. The van der Waals surface area contributed by atoms with Crippen molar-refractivity contribution in [1.29, 1.82) is 0 Å². The zero-order valence-electron chi connectivity index (χ0n) is 13.6. The number of amidine groups is 1. The first-order valence-corrected chi connectivity index (χ1v) is 10.3. The number of hydrazone groups is 1. The first-order chi connectivity index (χ1) is 12.3. The van der Waals surface area contributed by atoms with E-state index in [9.17, 15) is 18.5 Å². The molecule has 0 bridgehead atoms. The number of hydrogen-bond acceptors (Lipinski definition) is 7. The Morgan fingerprint density at radius 2 is 1.88 bits per heavy atom. The van der Waals surface area contributed by atoms with Crippen LogP contribution in [0.3, 0.4) is 0 Å². The minimum absolute atomic E-state index is 0.0754. The predicted molar refractivity (Wildman–Crippen MR) is 102 cm³/mol. The number of nitrogens with one attached hydrogen (secondary N) is 1. The Kier molecular flexibility index (Phi) is 5.05. The van der Waals surface area contributed by atoms with E-state index in [0.29, 0.717) is 10.9 Å². The van der Waals surface area contributed by atoms with Gasteiger partial charge in [0.05, 0.1) is 15.5 Å². The molecular weight excluding hydrogens is 376 g/mol. The average molecular weight is 390 g/mol. The topological polar surface area (TPSA) is 114 Å². The molecule has 0 radical (unpaired) electrons. The van der Waals surface area contributed by atoms with Gasteiger partial charge in [0.2, 0.25) is 0 Å². The zero-order chi connectivity index (χ0) is 18.7. The Labute approximate surface area is 154 Å². The Hall–Kier alpha value is -2.72. The maximum Gasteiger partial charge on any atom is 0.294 e. The van der Waals surface area contributed by atoms with Crippen molar-refractivity contribution in [3.63, 3.8) is 0 Å². The van der Waals surface area contributed by atoms with Gasteiger partial charge < -0.3 is 0 Å². The van der Waals surface area contributed by atoms with Gasteiger partial charge in [0.1, 0.15) is 5.69 Å². The molecule has 0 unspecified atom stereocenters. The van der Waals surface area contributed by atoms with Crippen LogP contribution in [0, 0.1) is 10.1 Å². The van der Waals surface area contributed by atoms with Gasteiger partial charge in [-0.25, -0.2) is 13.4 Å². The fourth-order valence-corrected chi connectivity index (χ4v) is 3.65. The first-order valence-electron chi connectivity index (χ1n) is 7.42. The molecule has 26 heavy (non-hydrogen) atoms. The molecule has 134 valence electrons. The van der Waals surface area contributed by atoms with Gasteiger partial charge in [-0.05, 0) is 23.8 Å². The summed E-state index contributed by atoms with van der Waals surface area (Å²) in [5.41, 5.74) is 4.49. The lowest BCUT2D eigenvalue weighted by Gasteiger charge is -2.15. The normalized spacial score (nSPS) is 16.0. The van der Waals surface area contributed by atoms with Crippen molar-refractivity contribution in [1.82, 2.24) is 5.43 Å². The highest BCUT2D eigenvalue weighted by Gasteiger charge is 2.17. The highest BCUT2D eigenvalue weighted by molar-refractivity contribution is 8.14. The van der Waals surface area contributed by atoms with Crippen molar-refractivity contribution in [2.45, 2.75) is 4.90 Å². The van der Waals surface area contributed by atoms with Crippen molar-refractivity contribution in [3.05, 3.63) is 64.2 Å². The second kappa shape index (κ2) is 7.26. The molecule has 2 aromatic carbocycles. The highest BCUT2D eigenvalue weighted by atomic mass is 32.2. The number of rotatable bonds is 4. The number of aliphatic imine (C=N–C) groups is 1. The third-order valence-corrected chi connectivity index (χ3v) is 5.55. The molecule has 1 N–H and O–H groups in total. The molecule has 1 heterocycles. The van der Waals surface area contributed by atoms with E-state index < -0.39 is 14.8 Å². The largest absolute Gasteiger partial charge is 0.294 e. The number of para-hydroxylation sites is 2. The number of hydrogen-bond donors (Lipinski definition) is 1. The van der Waals surface area contributed by atoms with Crippen LogP contribution in [0.5, 0.6) is 0 Å². The fourth-order valence-electron chi connectivity index (χ4n) is 2.24. The molecule has 3 rings (SSSR count). The molecule has 0 saturated carbocycles. The van der Waals surface area contributed by atoms with E-state index >= 15 is 0 Å². The summed E-state index contributed by atoms with van der Waals surface area (Å²) in [6.07, 6.45) is 1.16. The minimum atomic E-state index is -3.24. The highest BCUT2D eigenvalue weighted by Crippen LogP contribution is 2.28. The van der Waals surface area contributed by atoms with E-state index in [1.54, 1.807) is 30.3 Å². The van der Waals surface area contributed by atoms with Crippen LogP contribution in [0.4, 0.5) is 11.4 Å². The van der Waals surface area contributed by atoms with Gasteiger partial charge in [0.15, 0.2) is 15.0 Å². The summed E-state index contributed by atoms with van der Waals surface area (Å²) in [6.45, 7) is 0. The molecular formula is C16H14N4O4S2. The second-order valence-corrected chi connectivity index (χ2v) is 8.40. The summed E-state index contributed by atoms with van der Waals surface area (Å²) in [5, 5.41) is 15.7. The number of sulfone groups is 1. The summed E-state index contributed by atoms with van der Waals surface area (Å²) in [7, 11) is -3.24. The van der Waals surface area contributed by atoms with Gasteiger partial charge in [0.25, 0.3) is 5.69 Å². The van der Waals surface area contributed by atoms with Gasteiger partial charge in [-0.1, -0.05) is 36.0 Å². The maximum atomic E-state index is 11.5. The van der Waals surface area contributed by atoms with Crippen LogP contribution in [0.1, 0.15) is 5.56 Å². The summed E-state index contributed by atoms with van der Waals surface area (Å²) in [4.78, 5) is 15.1.